The summed E-state index contributed by atoms with van der Waals surface area (Å²) in [4.78, 5) is 19.8. The average Bonchev–Trinajstić information content (AvgIpc) is 3.14. The zero-order valence-electron chi connectivity index (χ0n) is 16.3. The van der Waals surface area contributed by atoms with E-state index in [0.29, 0.717) is 31.7 Å². The Labute approximate surface area is 176 Å². The second kappa shape index (κ2) is 7.80. The number of aliphatic hydroxyl groups excluding tert-OH is 1. The van der Waals surface area contributed by atoms with Crippen molar-refractivity contribution in [2.75, 3.05) is 18.0 Å². The topological polar surface area (TPSA) is 97.9 Å². The van der Waals surface area contributed by atoms with Crippen LogP contribution in [0.5, 0.6) is 0 Å². The number of pyridine rings is 2. The van der Waals surface area contributed by atoms with Gasteiger partial charge in [-0.3, -0.25) is 9.89 Å². The number of aliphatic hydroxyl groups is 1. The van der Waals surface area contributed by atoms with Crippen LogP contribution in [0.25, 0.3) is 11.0 Å². The molecule has 7 nitrogen and oxygen atoms in total. The molecule has 3 aromatic heterocycles. The van der Waals surface area contributed by atoms with Crippen molar-refractivity contribution >= 4 is 16.9 Å². The van der Waals surface area contributed by atoms with Crippen molar-refractivity contribution in [3.8, 4) is 0 Å². The highest BCUT2D eigenvalue weighted by Gasteiger charge is 2.40. The van der Waals surface area contributed by atoms with Crippen LogP contribution in [-0.4, -0.2) is 38.4 Å². The van der Waals surface area contributed by atoms with Crippen molar-refractivity contribution in [3.05, 3.63) is 51.1 Å². The molecule has 4 rings (SSSR count). The van der Waals surface area contributed by atoms with Crippen LogP contribution in [0.4, 0.5) is 32.2 Å². The van der Waals surface area contributed by atoms with Crippen molar-refractivity contribution in [3.63, 3.8) is 0 Å². The summed E-state index contributed by atoms with van der Waals surface area (Å²) >= 11 is 0. The van der Waals surface area contributed by atoms with Gasteiger partial charge in [0, 0.05) is 30.9 Å². The highest BCUT2D eigenvalue weighted by molar-refractivity contribution is 5.84. The Morgan fingerprint density at radius 2 is 1.78 bits per heavy atom. The molecule has 0 amide bonds. The fraction of sp³-hybridized carbons (Fsp3) is 0.421. The highest BCUT2D eigenvalue weighted by atomic mass is 19.4. The van der Waals surface area contributed by atoms with Crippen molar-refractivity contribution in [1.82, 2.24) is 20.2 Å². The molecule has 0 bridgehead atoms. The molecule has 1 aliphatic rings. The molecule has 0 spiro atoms. The zero-order chi connectivity index (χ0) is 23.3. The number of piperidine rings is 1. The van der Waals surface area contributed by atoms with Crippen molar-refractivity contribution in [2.24, 2.45) is 0 Å². The first-order valence-corrected chi connectivity index (χ1v) is 9.60. The Morgan fingerprint density at radius 3 is 2.31 bits per heavy atom. The van der Waals surface area contributed by atoms with Gasteiger partial charge in [0.15, 0.2) is 5.65 Å². The number of rotatable bonds is 3. The first-order valence-electron chi connectivity index (χ1n) is 9.60. The van der Waals surface area contributed by atoms with Crippen molar-refractivity contribution in [1.29, 1.82) is 0 Å². The molecule has 0 unspecified atom stereocenters. The van der Waals surface area contributed by atoms with Gasteiger partial charge in [-0.2, -0.15) is 31.4 Å². The fourth-order valence-corrected chi connectivity index (χ4v) is 4.04. The third kappa shape index (κ3) is 3.92. The first-order chi connectivity index (χ1) is 15.0. The summed E-state index contributed by atoms with van der Waals surface area (Å²) in [7, 11) is 0. The van der Waals surface area contributed by atoms with E-state index in [1.807, 2.05) is 0 Å². The lowest BCUT2D eigenvalue weighted by molar-refractivity contribution is -0.138. The van der Waals surface area contributed by atoms with E-state index in [1.54, 1.807) is 4.90 Å². The molecule has 1 saturated heterocycles. The van der Waals surface area contributed by atoms with Crippen LogP contribution in [0.2, 0.25) is 0 Å². The maximum atomic E-state index is 13.8. The maximum Gasteiger partial charge on any atom is 0.417 e. The van der Waals surface area contributed by atoms with Crippen LogP contribution in [-0.2, 0) is 19.0 Å². The number of halogens is 6. The molecule has 0 aromatic carbocycles. The summed E-state index contributed by atoms with van der Waals surface area (Å²) in [6, 6.07) is 2.19. The lowest BCUT2D eigenvalue weighted by atomic mass is 9.90. The number of hydrogen-bond donors (Lipinski definition) is 3. The van der Waals surface area contributed by atoms with Gasteiger partial charge in [-0.15, -0.1) is 0 Å². The van der Waals surface area contributed by atoms with Gasteiger partial charge < -0.3 is 15.0 Å². The number of aromatic amines is 2. The van der Waals surface area contributed by atoms with Crippen LogP contribution in [0.1, 0.15) is 41.1 Å². The minimum atomic E-state index is -4.88. The normalized spacial score (nSPS) is 16.2. The minimum Gasteiger partial charge on any atom is -0.391 e. The third-order valence-electron chi connectivity index (χ3n) is 5.60. The fourth-order valence-electron chi connectivity index (χ4n) is 4.04. The number of fused-ring (bicyclic) bond motifs is 1. The summed E-state index contributed by atoms with van der Waals surface area (Å²) < 4.78 is 79.4. The van der Waals surface area contributed by atoms with Crippen LogP contribution < -0.4 is 10.5 Å². The van der Waals surface area contributed by atoms with E-state index in [2.05, 4.69) is 20.2 Å². The molecular formula is C19H17F6N5O2. The molecule has 1 fully saturated rings. The number of alkyl halides is 6. The summed E-state index contributed by atoms with van der Waals surface area (Å²) in [5.74, 6) is -0.0296. The molecule has 0 saturated carbocycles. The summed E-state index contributed by atoms with van der Waals surface area (Å²) in [5, 5.41) is 15.5. The largest absolute Gasteiger partial charge is 0.417 e. The van der Waals surface area contributed by atoms with Gasteiger partial charge in [0.05, 0.1) is 28.7 Å². The number of anilines is 1. The minimum absolute atomic E-state index is 0.193. The van der Waals surface area contributed by atoms with Gasteiger partial charge in [-0.1, -0.05) is 0 Å². The van der Waals surface area contributed by atoms with Gasteiger partial charge in [-0.05, 0) is 25.0 Å². The molecule has 3 aromatic rings. The van der Waals surface area contributed by atoms with Crippen LogP contribution in [0.3, 0.4) is 0 Å². The number of H-pyrrole nitrogens is 2. The Hall–Kier alpha value is -3.09. The second-order valence-electron chi connectivity index (χ2n) is 7.49. The third-order valence-corrected chi connectivity index (χ3v) is 5.60. The van der Waals surface area contributed by atoms with Gasteiger partial charge in [0.1, 0.15) is 5.82 Å². The van der Waals surface area contributed by atoms with Crippen LogP contribution in [0, 0.1) is 0 Å². The molecule has 0 atom stereocenters. The van der Waals surface area contributed by atoms with Gasteiger partial charge in [0.2, 0.25) is 0 Å². The zero-order valence-corrected chi connectivity index (χ0v) is 16.3. The number of hydrogen-bond acceptors (Lipinski definition) is 5. The van der Waals surface area contributed by atoms with Crippen molar-refractivity contribution in [2.45, 2.75) is 37.7 Å². The predicted molar refractivity (Wildman–Crippen MR) is 101 cm³/mol. The van der Waals surface area contributed by atoms with Crippen molar-refractivity contribution < 1.29 is 31.4 Å². The van der Waals surface area contributed by atoms with E-state index in [-0.39, 0.29) is 22.6 Å². The molecule has 3 N–H and O–H groups in total. The Bertz CT molecular complexity index is 1170. The van der Waals surface area contributed by atoms with Gasteiger partial charge in [-0.25, -0.2) is 4.98 Å². The molecule has 1 aliphatic heterocycles. The molecular weight excluding hydrogens is 444 g/mol. The smallest absolute Gasteiger partial charge is 0.391 e. The standard InChI is InChI=1S/C19H17F6N5O2/c20-18(21,22)10-1-2-12(26-7-10)30-5-3-9(4-6-30)15-13-14(19(23,24)25)11(8-31)17(32)27-16(13)29-28-15/h1-2,7,9,31H,3-6,8H2,(H2,27,28,29,32). The SMILES string of the molecule is O=c1[nH]c2n[nH]c(C3CCN(c4ccc(C(F)(F)F)cn4)CC3)c2c(C(F)(F)F)c1CO. The lowest BCUT2D eigenvalue weighted by Crippen LogP contribution is -2.33. The molecule has 4 heterocycles. The van der Waals surface area contributed by atoms with E-state index >= 15 is 0 Å². The van der Waals surface area contributed by atoms with Crippen LogP contribution in [0.15, 0.2) is 23.1 Å². The highest BCUT2D eigenvalue weighted by Crippen LogP contribution is 2.40. The molecule has 172 valence electrons. The summed E-state index contributed by atoms with van der Waals surface area (Å²) in [6.07, 6.45) is -7.87. The van der Waals surface area contributed by atoms with E-state index in [9.17, 15) is 36.2 Å². The Kier molecular flexibility index (Phi) is 5.39. The van der Waals surface area contributed by atoms with E-state index in [0.717, 1.165) is 12.3 Å². The van der Waals surface area contributed by atoms with Gasteiger partial charge in [0.25, 0.3) is 5.56 Å². The Balaban J connectivity index is 1.62. The van der Waals surface area contributed by atoms with Crippen LogP contribution >= 0.6 is 0 Å². The monoisotopic (exact) mass is 461 g/mol. The van der Waals surface area contributed by atoms with Gasteiger partial charge >= 0.3 is 12.4 Å². The maximum absolute atomic E-state index is 13.8. The van der Waals surface area contributed by atoms with E-state index < -0.39 is 41.2 Å². The second-order valence-corrected chi connectivity index (χ2v) is 7.49. The average molecular weight is 461 g/mol. The molecule has 32 heavy (non-hydrogen) atoms. The molecule has 0 radical (unpaired) electrons. The Morgan fingerprint density at radius 1 is 1.09 bits per heavy atom. The first kappa shape index (κ1) is 22.1. The molecule has 13 heteroatoms. The quantitative estimate of drug-likeness (QED) is 0.519. The number of aromatic nitrogens is 4. The lowest BCUT2D eigenvalue weighted by Gasteiger charge is -2.32. The van der Waals surface area contributed by atoms with E-state index in [1.165, 1.54) is 6.07 Å². The number of nitrogens with one attached hydrogen (secondary N) is 2. The summed E-state index contributed by atoms with van der Waals surface area (Å²) in [6.45, 7) is -0.384. The predicted octanol–water partition coefficient (Wildman–Crippen LogP) is 3.56. The summed E-state index contributed by atoms with van der Waals surface area (Å²) in [5.41, 5.74) is -3.98. The molecule has 0 aliphatic carbocycles. The number of nitrogens with zero attached hydrogens (tertiary/aromatic N) is 3. The van der Waals surface area contributed by atoms with E-state index in [4.69, 9.17) is 0 Å².